The zero-order valence-corrected chi connectivity index (χ0v) is 16.9. The van der Waals surface area contributed by atoms with E-state index in [1.807, 2.05) is 36.1 Å². The van der Waals surface area contributed by atoms with Gasteiger partial charge in [0.25, 0.3) is 5.91 Å². The van der Waals surface area contributed by atoms with Crippen LogP contribution < -0.4 is 10.6 Å². The highest BCUT2D eigenvalue weighted by Gasteiger charge is 2.35. The molecule has 28 heavy (non-hydrogen) atoms. The van der Waals surface area contributed by atoms with Gasteiger partial charge in [-0.15, -0.1) is 0 Å². The van der Waals surface area contributed by atoms with Crippen LogP contribution in [0.4, 0.5) is 0 Å². The first-order valence-electron chi connectivity index (χ1n) is 10.4. The second-order valence-corrected chi connectivity index (χ2v) is 8.11. The molecule has 3 amide bonds. The first-order valence-corrected chi connectivity index (χ1v) is 10.4. The molecule has 152 valence electrons. The van der Waals surface area contributed by atoms with E-state index >= 15 is 0 Å². The summed E-state index contributed by atoms with van der Waals surface area (Å²) >= 11 is 0. The molecular formula is C22H31N3O3. The van der Waals surface area contributed by atoms with Gasteiger partial charge < -0.3 is 15.5 Å². The molecule has 0 bridgehead atoms. The lowest BCUT2D eigenvalue weighted by molar-refractivity contribution is -0.138. The summed E-state index contributed by atoms with van der Waals surface area (Å²) in [5.41, 5.74) is 1.66. The number of nitrogens with zero attached hydrogens (tertiary/aromatic N) is 1. The number of likely N-dealkylation sites (tertiary alicyclic amines) is 1. The van der Waals surface area contributed by atoms with E-state index in [4.69, 9.17) is 0 Å². The third-order valence-electron chi connectivity index (χ3n) is 6.03. The summed E-state index contributed by atoms with van der Waals surface area (Å²) in [4.78, 5) is 39.0. The molecule has 1 heterocycles. The number of rotatable bonds is 5. The minimum atomic E-state index is -0.405. The van der Waals surface area contributed by atoms with Crippen LogP contribution in [0.2, 0.25) is 0 Å². The average molecular weight is 386 g/mol. The molecule has 1 aromatic carbocycles. The summed E-state index contributed by atoms with van der Waals surface area (Å²) in [6, 6.07) is 7.23. The SMILES string of the molecule is CC(=O)NC(C(=O)N1CCC(NC(=O)c2ccccc2C)CC1)C1CCCC1. The van der Waals surface area contributed by atoms with E-state index in [-0.39, 0.29) is 29.7 Å². The van der Waals surface area contributed by atoms with Crippen molar-refractivity contribution in [3.63, 3.8) is 0 Å². The van der Waals surface area contributed by atoms with Gasteiger partial charge in [-0.2, -0.15) is 0 Å². The summed E-state index contributed by atoms with van der Waals surface area (Å²) in [7, 11) is 0. The van der Waals surface area contributed by atoms with Crippen molar-refractivity contribution in [2.24, 2.45) is 5.92 Å². The number of nitrogens with one attached hydrogen (secondary N) is 2. The molecular weight excluding hydrogens is 354 g/mol. The van der Waals surface area contributed by atoms with Crippen molar-refractivity contribution in [1.29, 1.82) is 0 Å². The molecule has 1 unspecified atom stereocenters. The Morgan fingerprint density at radius 1 is 1.04 bits per heavy atom. The van der Waals surface area contributed by atoms with Gasteiger partial charge in [0.2, 0.25) is 11.8 Å². The fourth-order valence-electron chi connectivity index (χ4n) is 4.42. The summed E-state index contributed by atoms with van der Waals surface area (Å²) in [6.45, 7) is 4.63. The van der Waals surface area contributed by atoms with Crippen molar-refractivity contribution >= 4 is 17.7 Å². The highest BCUT2D eigenvalue weighted by Crippen LogP contribution is 2.29. The first-order chi connectivity index (χ1) is 13.5. The predicted molar refractivity (Wildman–Crippen MR) is 108 cm³/mol. The van der Waals surface area contributed by atoms with Crippen molar-refractivity contribution in [3.8, 4) is 0 Å². The molecule has 6 heteroatoms. The van der Waals surface area contributed by atoms with Gasteiger partial charge in [-0.05, 0) is 50.2 Å². The fraction of sp³-hybridized carbons (Fsp3) is 0.591. The van der Waals surface area contributed by atoms with E-state index in [1.165, 1.54) is 6.92 Å². The molecule has 6 nitrogen and oxygen atoms in total. The van der Waals surface area contributed by atoms with E-state index in [1.54, 1.807) is 0 Å². The Labute approximate surface area is 167 Å². The molecule has 1 saturated carbocycles. The van der Waals surface area contributed by atoms with E-state index in [2.05, 4.69) is 10.6 Å². The summed E-state index contributed by atoms with van der Waals surface area (Å²) in [6.07, 6.45) is 5.73. The van der Waals surface area contributed by atoms with Crippen molar-refractivity contribution < 1.29 is 14.4 Å². The monoisotopic (exact) mass is 385 g/mol. The quantitative estimate of drug-likeness (QED) is 0.817. The molecule has 0 aromatic heterocycles. The first kappa shape index (κ1) is 20.4. The van der Waals surface area contributed by atoms with Gasteiger partial charge in [-0.3, -0.25) is 14.4 Å². The minimum Gasteiger partial charge on any atom is -0.349 e. The van der Waals surface area contributed by atoms with E-state index in [0.717, 1.165) is 44.1 Å². The number of hydrogen-bond acceptors (Lipinski definition) is 3. The van der Waals surface area contributed by atoms with E-state index < -0.39 is 6.04 Å². The molecule has 2 N–H and O–H groups in total. The lowest BCUT2D eigenvalue weighted by Crippen LogP contribution is -2.54. The third kappa shape index (κ3) is 4.91. The smallest absolute Gasteiger partial charge is 0.251 e. The largest absolute Gasteiger partial charge is 0.349 e. The zero-order valence-electron chi connectivity index (χ0n) is 16.9. The van der Waals surface area contributed by atoms with Gasteiger partial charge in [0.15, 0.2) is 0 Å². The number of aryl methyl sites for hydroxylation is 1. The average Bonchev–Trinajstić information content (AvgIpc) is 3.21. The Balaban J connectivity index is 1.55. The molecule has 1 aliphatic carbocycles. The van der Waals surface area contributed by atoms with Crippen molar-refractivity contribution in [1.82, 2.24) is 15.5 Å². The van der Waals surface area contributed by atoms with Gasteiger partial charge in [-0.1, -0.05) is 31.0 Å². The zero-order chi connectivity index (χ0) is 20.1. The Morgan fingerprint density at radius 2 is 1.68 bits per heavy atom. The fourth-order valence-corrected chi connectivity index (χ4v) is 4.42. The van der Waals surface area contributed by atoms with Crippen LogP contribution in [0, 0.1) is 12.8 Å². The van der Waals surface area contributed by atoms with Gasteiger partial charge in [0.1, 0.15) is 6.04 Å². The molecule has 2 aliphatic rings. The molecule has 0 spiro atoms. The van der Waals surface area contributed by atoms with Crippen LogP contribution in [0.15, 0.2) is 24.3 Å². The second-order valence-electron chi connectivity index (χ2n) is 8.11. The normalized spacial score (nSPS) is 19.3. The number of amides is 3. The van der Waals surface area contributed by atoms with Gasteiger partial charge in [0.05, 0.1) is 0 Å². The number of hydrogen-bond donors (Lipinski definition) is 2. The lowest BCUT2D eigenvalue weighted by atomic mass is 9.95. The number of carbonyl (C=O) groups is 3. The number of benzene rings is 1. The minimum absolute atomic E-state index is 0.0331. The Morgan fingerprint density at radius 3 is 2.29 bits per heavy atom. The molecule has 1 saturated heterocycles. The van der Waals surface area contributed by atoms with Crippen molar-refractivity contribution in [2.75, 3.05) is 13.1 Å². The Hall–Kier alpha value is -2.37. The Kier molecular flexibility index (Phi) is 6.70. The van der Waals surface area contributed by atoms with Crippen molar-refractivity contribution in [2.45, 2.75) is 64.5 Å². The molecule has 0 radical (unpaired) electrons. The number of carbonyl (C=O) groups excluding carboxylic acids is 3. The molecule has 3 rings (SSSR count). The highest BCUT2D eigenvalue weighted by atomic mass is 16.2. The van der Waals surface area contributed by atoms with Crippen LogP contribution in [0.3, 0.4) is 0 Å². The summed E-state index contributed by atoms with van der Waals surface area (Å²) < 4.78 is 0. The van der Waals surface area contributed by atoms with E-state index in [0.29, 0.717) is 18.7 Å². The van der Waals surface area contributed by atoms with E-state index in [9.17, 15) is 14.4 Å². The van der Waals surface area contributed by atoms with Crippen LogP contribution in [0.1, 0.15) is 61.4 Å². The highest BCUT2D eigenvalue weighted by molar-refractivity contribution is 5.95. The predicted octanol–water partition coefficient (Wildman–Crippen LogP) is 2.41. The van der Waals surface area contributed by atoms with Gasteiger partial charge in [-0.25, -0.2) is 0 Å². The topological polar surface area (TPSA) is 78.5 Å². The van der Waals surface area contributed by atoms with Gasteiger partial charge >= 0.3 is 0 Å². The van der Waals surface area contributed by atoms with Crippen LogP contribution in [-0.4, -0.2) is 47.8 Å². The lowest BCUT2D eigenvalue weighted by Gasteiger charge is -2.36. The molecule has 2 fully saturated rings. The summed E-state index contributed by atoms with van der Waals surface area (Å²) in [5, 5.41) is 6.00. The maximum atomic E-state index is 13.0. The molecule has 1 atom stereocenters. The maximum Gasteiger partial charge on any atom is 0.251 e. The molecule has 1 aromatic rings. The van der Waals surface area contributed by atoms with Crippen LogP contribution >= 0.6 is 0 Å². The Bertz CT molecular complexity index is 719. The maximum absolute atomic E-state index is 13.0. The molecule has 1 aliphatic heterocycles. The number of piperidine rings is 1. The standard InChI is InChI=1S/C22H31N3O3/c1-15-7-3-6-10-19(15)21(27)24-18-11-13-25(14-12-18)22(28)20(23-16(2)26)17-8-4-5-9-17/h3,6-7,10,17-18,20H,4-5,8-9,11-14H2,1-2H3,(H,23,26)(H,24,27). The summed E-state index contributed by atoms with van der Waals surface area (Å²) in [5.74, 6) is 0.0799. The van der Waals surface area contributed by atoms with Crippen LogP contribution in [0.25, 0.3) is 0 Å². The third-order valence-corrected chi connectivity index (χ3v) is 6.03. The van der Waals surface area contributed by atoms with Crippen LogP contribution in [-0.2, 0) is 9.59 Å². The van der Waals surface area contributed by atoms with Crippen molar-refractivity contribution in [3.05, 3.63) is 35.4 Å². The van der Waals surface area contributed by atoms with Gasteiger partial charge in [0, 0.05) is 31.6 Å². The van der Waals surface area contributed by atoms with Crippen LogP contribution in [0.5, 0.6) is 0 Å². The second kappa shape index (κ2) is 9.22.